The molecule has 2 N–H and O–H groups in total. The van der Waals surface area contributed by atoms with E-state index in [-0.39, 0.29) is 17.7 Å². The van der Waals surface area contributed by atoms with Crippen molar-refractivity contribution in [3.8, 4) is 0 Å². The Morgan fingerprint density at radius 3 is 2.58 bits per heavy atom. The number of sulfonamides is 1. The summed E-state index contributed by atoms with van der Waals surface area (Å²) in [5, 5.41) is 2.83. The van der Waals surface area contributed by atoms with Crippen LogP contribution < -0.4 is 10.0 Å². The van der Waals surface area contributed by atoms with Gasteiger partial charge in [0.2, 0.25) is 10.0 Å². The highest BCUT2D eigenvalue weighted by atomic mass is 32.2. The summed E-state index contributed by atoms with van der Waals surface area (Å²) in [5.74, 6) is -0.206. The Morgan fingerprint density at radius 2 is 2.00 bits per heavy atom. The van der Waals surface area contributed by atoms with Crippen LogP contribution in [0.3, 0.4) is 0 Å². The third-order valence-corrected chi connectivity index (χ3v) is 4.07. The number of hydrogen-bond donors (Lipinski definition) is 2. The summed E-state index contributed by atoms with van der Waals surface area (Å²) in [6, 6.07) is 6.54. The molecular weight excluding hydrogens is 264 g/mol. The van der Waals surface area contributed by atoms with E-state index in [1.165, 1.54) is 6.07 Å². The van der Waals surface area contributed by atoms with Gasteiger partial charge in [0.05, 0.1) is 5.75 Å². The van der Waals surface area contributed by atoms with Gasteiger partial charge in [-0.2, -0.15) is 0 Å². The molecule has 0 spiro atoms. The summed E-state index contributed by atoms with van der Waals surface area (Å²) >= 11 is 0. The molecule has 19 heavy (non-hydrogen) atoms. The number of carbonyl (C=O) groups excluding carboxylic acids is 1. The Hall–Kier alpha value is -1.56. The van der Waals surface area contributed by atoms with Crippen molar-refractivity contribution in [1.29, 1.82) is 0 Å². The molecule has 0 radical (unpaired) electrons. The first-order valence-electron chi connectivity index (χ1n) is 6.29. The second kappa shape index (κ2) is 6.56. The molecule has 0 saturated heterocycles. The molecule has 1 rings (SSSR count). The van der Waals surface area contributed by atoms with Gasteiger partial charge in [-0.15, -0.1) is 0 Å². The molecule has 0 aliphatic heterocycles. The molecule has 0 unspecified atom stereocenters. The van der Waals surface area contributed by atoms with Crippen LogP contribution in [0, 0.1) is 0 Å². The molecule has 1 aromatic carbocycles. The van der Waals surface area contributed by atoms with Crippen molar-refractivity contribution < 1.29 is 13.2 Å². The van der Waals surface area contributed by atoms with Crippen molar-refractivity contribution in [1.82, 2.24) is 5.32 Å². The van der Waals surface area contributed by atoms with Crippen LogP contribution in [0.2, 0.25) is 0 Å². The van der Waals surface area contributed by atoms with E-state index in [0.717, 1.165) is 6.42 Å². The standard InChI is InChI=1S/C13H20N2O3S/c1-4-10(3)14-13(16)11-7-6-8-12(9-11)15-19(17,18)5-2/h6-10,15H,4-5H2,1-3H3,(H,14,16)/t10-/m1/s1. The SMILES string of the molecule is CC[C@@H](C)NC(=O)c1cccc(NS(=O)(=O)CC)c1. The largest absolute Gasteiger partial charge is 0.350 e. The van der Waals surface area contributed by atoms with Crippen LogP contribution in [0.5, 0.6) is 0 Å². The molecule has 0 fully saturated rings. The van der Waals surface area contributed by atoms with E-state index >= 15 is 0 Å². The van der Waals surface area contributed by atoms with Crippen LogP contribution in [-0.4, -0.2) is 26.1 Å². The van der Waals surface area contributed by atoms with E-state index in [1.54, 1.807) is 25.1 Å². The van der Waals surface area contributed by atoms with Crippen LogP contribution in [0.1, 0.15) is 37.6 Å². The minimum atomic E-state index is -3.32. The molecule has 1 aromatic rings. The molecule has 106 valence electrons. The van der Waals surface area contributed by atoms with Crippen LogP contribution in [0.15, 0.2) is 24.3 Å². The van der Waals surface area contributed by atoms with Gasteiger partial charge in [0, 0.05) is 17.3 Å². The summed E-state index contributed by atoms with van der Waals surface area (Å²) in [6.07, 6.45) is 0.841. The van der Waals surface area contributed by atoms with E-state index in [1.807, 2.05) is 13.8 Å². The lowest BCUT2D eigenvalue weighted by Crippen LogP contribution is -2.31. The number of carbonyl (C=O) groups is 1. The third-order valence-electron chi connectivity index (χ3n) is 2.77. The van der Waals surface area contributed by atoms with Crippen molar-refractivity contribution in [3.63, 3.8) is 0 Å². The Labute approximate surface area is 114 Å². The van der Waals surface area contributed by atoms with Crippen molar-refractivity contribution >= 4 is 21.6 Å². The van der Waals surface area contributed by atoms with Crippen LogP contribution in [-0.2, 0) is 10.0 Å². The zero-order valence-electron chi connectivity index (χ0n) is 11.4. The summed E-state index contributed by atoms with van der Waals surface area (Å²) in [7, 11) is -3.32. The number of hydrogen-bond acceptors (Lipinski definition) is 3. The van der Waals surface area contributed by atoms with E-state index < -0.39 is 10.0 Å². The second-order valence-corrected chi connectivity index (χ2v) is 6.38. The zero-order chi connectivity index (χ0) is 14.5. The van der Waals surface area contributed by atoms with Gasteiger partial charge in [0.15, 0.2) is 0 Å². The average molecular weight is 284 g/mol. The smallest absolute Gasteiger partial charge is 0.251 e. The highest BCUT2D eigenvalue weighted by Gasteiger charge is 2.11. The molecular formula is C13H20N2O3S. The van der Waals surface area contributed by atoms with Crippen LogP contribution >= 0.6 is 0 Å². The second-order valence-electron chi connectivity index (χ2n) is 4.37. The number of anilines is 1. The quantitative estimate of drug-likeness (QED) is 0.838. The van der Waals surface area contributed by atoms with E-state index in [2.05, 4.69) is 10.0 Å². The lowest BCUT2D eigenvalue weighted by Gasteiger charge is -2.12. The first kappa shape index (κ1) is 15.5. The maximum absolute atomic E-state index is 11.9. The van der Waals surface area contributed by atoms with Gasteiger partial charge in [-0.1, -0.05) is 13.0 Å². The molecule has 0 heterocycles. The first-order valence-corrected chi connectivity index (χ1v) is 7.94. The fourth-order valence-corrected chi connectivity index (χ4v) is 2.02. The minimum Gasteiger partial charge on any atom is -0.350 e. The number of amides is 1. The molecule has 6 heteroatoms. The fourth-order valence-electron chi connectivity index (χ4n) is 1.38. The highest BCUT2D eigenvalue weighted by Crippen LogP contribution is 2.12. The van der Waals surface area contributed by atoms with Crippen LogP contribution in [0.4, 0.5) is 5.69 Å². The number of benzene rings is 1. The predicted octanol–water partition coefficient (Wildman–Crippen LogP) is 1.98. The maximum atomic E-state index is 11.9. The molecule has 0 aromatic heterocycles. The first-order chi connectivity index (χ1) is 8.88. The average Bonchev–Trinajstić information content (AvgIpc) is 2.38. The molecule has 0 bridgehead atoms. The highest BCUT2D eigenvalue weighted by molar-refractivity contribution is 7.92. The van der Waals surface area contributed by atoms with Crippen LogP contribution in [0.25, 0.3) is 0 Å². The van der Waals surface area contributed by atoms with E-state index in [0.29, 0.717) is 11.3 Å². The lowest BCUT2D eigenvalue weighted by atomic mass is 10.1. The summed E-state index contributed by atoms with van der Waals surface area (Å²) < 4.78 is 25.3. The Kier molecular flexibility index (Phi) is 5.35. The summed E-state index contributed by atoms with van der Waals surface area (Å²) in [4.78, 5) is 11.9. The van der Waals surface area contributed by atoms with Gasteiger partial charge in [-0.3, -0.25) is 9.52 Å². The Bertz CT molecular complexity index is 541. The van der Waals surface area contributed by atoms with Gasteiger partial charge in [-0.05, 0) is 38.5 Å². The summed E-state index contributed by atoms with van der Waals surface area (Å²) in [6.45, 7) is 5.46. The van der Waals surface area contributed by atoms with Gasteiger partial charge >= 0.3 is 0 Å². The molecule has 5 nitrogen and oxygen atoms in total. The molecule has 1 atom stereocenters. The van der Waals surface area contributed by atoms with E-state index in [9.17, 15) is 13.2 Å². The molecule has 0 aliphatic carbocycles. The number of rotatable bonds is 6. The monoisotopic (exact) mass is 284 g/mol. The summed E-state index contributed by atoms with van der Waals surface area (Å²) in [5.41, 5.74) is 0.843. The zero-order valence-corrected chi connectivity index (χ0v) is 12.3. The Morgan fingerprint density at radius 1 is 1.32 bits per heavy atom. The molecule has 1 amide bonds. The predicted molar refractivity (Wildman–Crippen MR) is 76.7 cm³/mol. The maximum Gasteiger partial charge on any atom is 0.251 e. The van der Waals surface area contributed by atoms with Crippen molar-refractivity contribution in [2.45, 2.75) is 33.2 Å². The normalized spacial score (nSPS) is 12.8. The Balaban J connectivity index is 2.85. The third kappa shape index (κ3) is 4.90. The van der Waals surface area contributed by atoms with Crippen molar-refractivity contribution in [3.05, 3.63) is 29.8 Å². The molecule has 0 saturated carbocycles. The lowest BCUT2D eigenvalue weighted by molar-refractivity contribution is 0.0939. The van der Waals surface area contributed by atoms with Crippen molar-refractivity contribution in [2.24, 2.45) is 0 Å². The van der Waals surface area contributed by atoms with Crippen molar-refractivity contribution in [2.75, 3.05) is 10.5 Å². The van der Waals surface area contributed by atoms with Gasteiger partial charge in [-0.25, -0.2) is 8.42 Å². The number of nitrogens with one attached hydrogen (secondary N) is 2. The van der Waals surface area contributed by atoms with E-state index in [4.69, 9.17) is 0 Å². The van der Waals surface area contributed by atoms with Gasteiger partial charge < -0.3 is 5.32 Å². The minimum absolute atomic E-state index is 0.00368. The fraction of sp³-hybridized carbons (Fsp3) is 0.462. The molecule has 0 aliphatic rings. The van der Waals surface area contributed by atoms with Gasteiger partial charge in [0.1, 0.15) is 0 Å². The topological polar surface area (TPSA) is 75.3 Å². The van der Waals surface area contributed by atoms with Gasteiger partial charge in [0.25, 0.3) is 5.91 Å².